The Morgan fingerprint density at radius 2 is 2.11 bits per heavy atom. The zero-order valence-corrected chi connectivity index (χ0v) is 12.5. The lowest BCUT2D eigenvalue weighted by molar-refractivity contribution is 0.561. The topological polar surface area (TPSA) is 38.0 Å². The van der Waals surface area contributed by atoms with E-state index in [2.05, 4.69) is 29.0 Å². The molecule has 1 unspecified atom stereocenters. The van der Waals surface area contributed by atoms with Crippen molar-refractivity contribution in [1.82, 2.24) is 5.43 Å². The molecule has 3 rings (SSSR count). The maximum atomic E-state index is 6.02. The molecule has 2 heterocycles. The summed E-state index contributed by atoms with van der Waals surface area (Å²) in [6.45, 7) is 0. The van der Waals surface area contributed by atoms with Crippen molar-refractivity contribution in [3.8, 4) is 0 Å². The molecular weight excluding hydrogens is 296 g/mol. The molecule has 0 bridgehead atoms. The number of halogens is 1. The van der Waals surface area contributed by atoms with Crippen molar-refractivity contribution >= 4 is 43.7 Å². The third-order valence-electron chi connectivity index (χ3n) is 3.03. The van der Waals surface area contributed by atoms with E-state index < -0.39 is 0 Å². The number of nitrogens with one attached hydrogen (secondary N) is 1. The second-order valence-electron chi connectivity index (χ2n) is 4.35. The average molecular weight is 309 g/mol. The number of rotatable bonds is 4. The summed E-state index contributed by atoms with van der Waals surface area (Å²) in [6.07, 6.45) is 0.838. The Morgan fingerprint density at radius 1 is 1.21 bits per heavy atom. The molecule has 0 aliphatic rings. The summed E-state index contributed by atoms with van der Waals surface area (Å²) >= 11 is 9.58. The molecule has 2 nitrogen and oxygen atoms in total. The third kappa shape index (κ3) is 2.83. The normalized spacial score (nSPS) is 12.9. The maximum absolute atomic E-state index is 6.02. The number of hydrazine groups is 1. The van der Waals surface area contributed by atoms with Gasteiger partial charge in [-0.1, -0.05) is 23.7 Å². The molecule has 3 N–H and O–H groups in total. The molecule has 0 spiro atoms. The first-order valence-electron chi connectivity index (χ1n) is 5.94. The molecule has 3 aromatic rings. The number of hydrogen-bond acceptors (Lipinski definition) is 4. The first-order valence-corrected chi connectivity index (χ1v) is 8.01. The minimum absolute atomic E-state index is 0.128. The van der Waals surface area contributed by atoms with Gasteiger partial charge in [0.2, 0.25) is 0 Å². The molecule has 0 amide bonds. The van der Waals surface area contributed by atoms with Crippen LogP contribution in [0.15, 0.2) is 41.8 Å². The molecular formula is C14H13ClN2S2. The molecule has 98 valence electrons. The van der Waals surface area contributed by atoms with Crippen LogP contribution in [0, 0.1) is 0 Å². The quantitative estimate of drug-likeness (QED) is 0.555. The molecule has 19 heavy (non-hydrogen) atoms. The molecule has 0 fully saturated rings. The highest BCUT2D eigenvalue weighted by Gasteiger charge is 2.14. The second kappa shape index (κ2) is 5.61. The van der Waals surface area contributed by atoms with Crippen LogP contribution >= 0.6 is 34.3 Å². The number of hydrogen-bond donors (Lipinski definition) is 2. The van der Waals surface area contributed by atoms with Gasteiger partial charge in [0.25, 0.3) is 0 Å². The lowest BCUT2D eigenvalue weighted by atomic mass is 10.1. The van der Waals surface area contributed by atoms with Gasteiger partial charge in [0.05, 0.1) is 6.04 Å². The molecule has 1 atom stereocenters. The van der Waals surface area contributed by atoms with Gasteiger partial charge >= 0.3 is 0 Å². The Labute approximate surface area is 124 Å². The molecule has 0 aliphatic carbocycles. The van der Waals surface area contributed by atoms with E-state index >= 15 is 0 Å². The van der Waals surface area contributed by atoms with Crippen LogP contribution < -0.4 is 11.3 Å². The van der Waals surface area contributed by atoms with Crippen molar-refractivity contribution in [2.45, 2.75) is 12.5 Å². The zero-order chi connectivity index (χ0) is 13.2. The van der Waals surface area contributed by atoms with E-state index in [1.807, 2.05) is 18.2 Å². The smallest absolute Gasteiger partial charge is 0.0594 e. The lowest BCUT2D eigenvalue weighted by Crippen LogP contribution is -2.28. The van der Waals surface area contributed by atoms with Crippen molar-refractivity contribution in [2.24, 2.45) is 5.84 Å². The Morgan fingerprint density at radius 3 is 2.84 bits per heavy atom. The maximum Gasteiger partial charge on any atom is 0.0594 e. The second-order valence-corrected chi connectivity index (χ2v) is 6.85. The van der Waals surface area contributed by atoms with E-state index in [-0.39, 0.29) is 6.04 Å². The number of benzene rings is 1. The number of fused-ring (bicyclic) bond motifs is 1. The van der Waals surface area contributed by atoms with Gasteiger partial charge in [0.15, 0.2) is 0 Å². The highest BCUT2D eigenvalue weighted by molar-refractivity contribution is 7.26. The SMILES string of the molecule is NNC(Cc1cccc(Cl)c1)c1cc2sccc2s1. The van der Waals surface area contributed by atoms with Crippen molar-refractivity contribution in [1.29, 1.82) is 0 Å². The number of thiophene rings is 2. The fourth-order valence-corrected chi connectivity index (χ4v) is 4.49. The predicted molar refractivity (Wildman–Crippen MR) is 84.9 cm³/mol. The number of nitrogens with two attached hydrogens (primary N) is 1. The van der Waals surface area contributed by atoms with E-state index in [4.69, 9.17) is 17.4 Å². The summed E-state index contributed by atoms with van der Waals surface area (Å²) in [5, 5.41) is 2.88. The standard InChI is InChI=1S/C14H13ClN2S2/c15-10-3-1-2-9(6-10)7-11(17-16)13-8-14-12(19-13)4-5-18-14/h1-6,8,11,17H,7,16H2. The van der Waals surface area contributed by atoms with Crippen LogP contribution in [0.3, 0.4) is 0 Å². The van der Waals surface area contributed by atoms with Crippen molar-refractivity contribution in [2.75, 3.05) is 0 Å². The molecule has 0 saturated heterocycles. The minimum atomic E-state index is 0.128. The van der Waals surface area contributed by atoms with Crippen LogP contribution in [0.5, 0.6) is 0 Å². The van der Waals surface area contributed by atoms with E-state index in [0.29, 0.717) is 0 Å². The highest BCUT2D eigenvalue weighted by atomic mass is 35.5. The van der Waals surface area contributed by atoms with Crippen LogP contribution in [-0.2, 0) is 6.42 Å². The Balaban J connectivity index is 1.86. The van der Waals surface area contributed by atoms with Gasteiger partial charge in [0.1, 0.15) is 0 Å². The fraction of sp³-hybridized carbons (Fsp3) is 0.143. The molecule has 2 aromatic heterocycles. The first-order chi connectivity index (χ1) is 9.26. The monoisotopic (exact) mass is 308 g/mol. The third-order valence-corrected chi connectivity index (χ3v) is 5.47. The molecule has 5 heteroatoms. The van der Waals surface area contributed by atoms with E-state index in [1.54, 1.807) is 22.7 Å². The predicted octanol–water partition coefficient (Wildman–Crippen LogP) is 4.36. The van der Waals surface area contributed by atoms with Gasteiger partial charge in [-0.15, -0.1) is 22.7 Å². The largest absolute Gasteiger partial charge is 0.271 e. The van der Waals surface area contributed by atoms with E-state index in [0.717, 1.165) is 11.4 Å². The van der Waals surface area contributed by atoms with Crippen molar-refractivity contribution in [3.05, 3.63) is 57.2 Å². The van der Waals surface area contributed by atoms with Crippen LogP contribution in [0.2, 0.25) is 5.02 Å². The van der Waals surface area contributed by atoms with Crippen LogP contribution in [0.25, 0.3) is 9.40 Å². The molecule has 0 radical (unpaired) electrons. The molecule has 0 aliphatic heterocycles. The van der Waals surface area contributed by atoms with Crippen LogP contribution in [-0.4, -0.2) is 0 Å². The summed E-state index contributed by atoms with van der Waals surface area (Å²) in [5.41, 5.74) is 4.10. The zero-order valence-electron chi connectivity index (χ0n) is 10.1. The van der Waals surface area contributed by atoms with Crippen LogP contribution in [0.1, 0.15) is 16.5 Å². The summed E-state index contributed by atoms with van der Waals surface area (Å²) < 4.78 is 2.65. The first kappa shape index (κ1) is 13.1. The van der Waals surface area contributed by atoms with Gasteiger partial charge in [-0.3, -0.25) is 11.3 Å². The van der Waals surface area contributed by atoms with Gasteiger partial charge in [0, 0.05) is 19.3 Å². The average Bonchev–Trinajstić information content (AvgIpc) is 2.96. The van der Waals surface area contributed by atoms with Crippen molar-refractivity contribution in [3.63, 3.8) is 0 Å². The summed E-state index contributed by atoms with van der Waals surface area (Å²) in [5.74, 6) is 5.71. The lowest BCUT2D eigenvalue weighted by Gasteiger charge is -2.14. The van der Waals surface area contributed by atoms with Gasteiger partial charge in [-0.25, -0.2) is 0 Å². The Kier molecular flexibility index (Phi) is 3.86. The molecule has 1 aromatic carbocycles. The van der Waals surface area contributed by atoms with Crippen LogP contribution in [0.4, 0.5) is 0 Å². The summed E-state index contributed by atoms with van der Waals surface area (Å²) in [7, 11) is 0. The van der Waals surface area contributed by atoms with Gasteiger partial charge in [-0.2, -0.15) is 0 Å². The van der Waals surface area contributed by atoms with Crippen molar-refractivity contribution < 1.29 is 0 Å². The minimum Gasteiger partial charge on any atom is -0.271 e. The Bertz CT molecular complexity index is 661. The van der Waals surface area contributed by atoms with E-state index in [1.165, 1.54) is 19.8 Å². The van der Waals surface area contributed by atoms with Gasteiger partial charge < -0.3 is 0 Å². The fourth-order valence-electron chi connectivity index (χ4n) is 2.10. The highest BCUT2D eigenvalue weighted by Crippen LogP contribution is 2.34. The molecule has 0 saturated carbocycles. The van der Waals surface area contributed by atoms with E-state index in [9.17, 15) is 0 Å². The summed E-state index contributed by atoms with van der Waals surface area (Å²) in [4.78, 5) is 1.27. The van der Waals surface area contributed by atoms with Gasteiger partial charge in [-0.05, 0) is 41.6 Å². The Hall–Kier alpha value is -0.910. The summed E-state index contributed by atoms with van der Waals surface area (Å²) in [6, 6.07) is 12.4.